The molecule has 0 aromatic carbocycles. The summed E-state index contributed by atoms with van der Waals surface area (Å²) in [4.78, 5) is 11.9. The third kappa shape index (κ3) is 5.69. The number of hydrogen-bond acceptors (Lipinski definition) is 1. The number of allylic oxidation sites excluding steroid dienone is 6. The van der Waals surface area contributed by atoms with Gasteiger partial charge < -0.3 is 0 Å². The molecule has 0 aromatic rings. The normalized spacial score (nSPS) is 12.6. The molecule has 0 bridgehead atoms. The number of hydrogen-bond donors (Lipinski definition) is 0. The molecule has 0 heterocycles. The average molecular weight is 220 g/mol. The number of unbranched alkanes of at least 4 members (excludes halogenated alkanes) is 1. The van der Waals surface area contributed by atoms with E-state index in [-0.39, 0.29) is 5.78 Å². The Morgan fingerprint density at radius 3 is 2.06 bits per heavy atom. The van der Waals surface area contributed by atoms with E-state index in [2.05, 4.69) is 19.9 Å². The van der Waals surface area contributed by atoms with E-state index in [9.17, 15) is 4.79 Å². The quantitative estimate of drug-likeness (QED) is 0.363. The number of ketones is 1. The second kappa shape index (κ2) is 8.09. The minimum atomic E-state index is 0.196. The zero-order chi connectivity index (χ0) is 12.6. The maximum atomic E-state index is 11.9. The first-order valence-corrected chi connectivity index (χ1v) is 6.02. The van der Waals surface area contributed by atoms with Crippen LogP contribution in [0.25, 0.3) is 0 Å². The second-order valence-corrected chi connectivity index (χ2v) is 4.24. The molecule has 0 aromatic heterocycles. The van der Waals surface area contributed by atoms with Crippen molar-refractivity contribution in [2.24, 2.45) is 0 Å². The molecule has 0 saturated heterocycles. The first-order chi connectivity index (χ1) is 7.52. The standard InChI is InChI=1S/C15H24O/c1-6-14(7-2)15(16)13(5)11-9-8-10-12(3)4/h6,10-11H,7-9H2,1-5H3/b13-11+,14-6+. The van der Waals surface area contributed by atoms with Crippen LogP contribution in [-0.2, 0) is 4.79 Å². The van der Waals surface area contributed by atoms with E-state index in [1.807, 2.05) is 32.9 Å². The van der Waals surface area contributed by atoms with E-state index in [1.54, 1.807) is 0 Å². The molecule has 1 nitrogen and oxygen atoms in total. The highest BCUT2D eigenvalue weighted by Gasteiger charge is 2.07. The molecule has 0 saturated carbocycles. The Labute approximate surface area is 99.9 Å². The van der Waals surface area contributed by atoms with Crippen molar-refractivity contribution in [3.8, 4) is 0 Å². The summed E-state index contributed by atoms with van der Waals surface area (Å²) in [6.07, 6.45) is 8.93. The highest BCUT2D eigenvalue weighted by atomic mass is 16.1. The van der Waals surface area contributed by atoms with Gasteiger partial charge in [-0.2, -0.15) is 0 Å². The van der Waals surface area contributed by atoms with E-state index < -0.39 is 0 Å². The van der Waals surface area contributed by atoms with Crippen LogP contribution in [0, 0.1) is 0 Å². The zero-order valence-corrected chi connectivity index (χ0v) is 11.3. The number of carbonyl (C=O) groups excluding carboxylic acids is 1. The van der Waals surface area contributed by atoms with Gasteiger partial charge in [0, 0.05) is 0 Å². The first kappa shape index (κ1) is 14.9. The fourth-order valence-electron chi connectivity index (χ4n) is 1.51. The molecule has 0 fully saturated rings. The van der Waals surface area contributed by atoms with E-state index in [0.717, 1.165) is 30.4 Å². The first-order valence-electron chi connectivity index (χ1n) is 6.02. The van der Waals surface area contributed by atoms with Gasteiger partial charge in [0.2, 0.25) is 0 Å². The SMILES string of the molecule is C/C=C(\CC)C(=O)/C(C)=C/CCC=C(C)C. The molecule has 0 aliphatic rings. The third-order valence-electron chi connectivity index (χ3n) is 2.55. The van der Waals surface area contributed by atoms with Crippen LogP contribution in [-0.4, -0.2) is 5.78 Å². The lowest BCUT2D eigenvalue weighted by molar-refractivity contribution is -0.112. The van der Waals surface area contributed by atoms with Gasteiger partial charge in [0.15, 0.2) is 5.78 Å². The number of rotatable bonds is 6. The molecule has 0 amide bonds. The van der Waals surface area contributed by atoms with Crippen LogP contribution in [0.1, 0.15) is 53.9 Å². The highest BCUT2D eigenvalue weighted by Crippen LogP contribution is 2.11. The van der Waals surface area contributed by atoms with Crippen LogP contribution in [0.15, 0.2) is 34.9 Å². The minimum absolute atomic E-state index is 0.196. The summed E-state index contributed by atoms with van der Waals surface area (Å²) >= 11 is 0. The molecule has 0 rings (SSSR count). The van der Waals surface area contributed by atoms with Crippen LogP contribution in [0.4, 0.5) is 0 Å². The van der Waals surface area contributed by atoms with Crippen molar-refractivity contribution in [1.29, 1.82) is 0 Å². The van der Waals surface area contributed by atoms with Crippen molar-refractivity contribution < 1.29 is 4.79 Å². The predicted molar refractivity (Wildman–Crippen MR) is 71.5 cm³/mol. The van der Waals surface area contributed by atoms with Gasteiger partial charge in [0.1, 0.15) is 0 Å². The molecule has 0 N–H and O–H groups in total. The van der Waals surface area contributed by atoms with Crippen LogP contribution >= 0.6 is 0 Å². The summed E-state index contributed by atoms with van der Waals surface area (Å²) in [6.45, 7) is 10.0. The van der Waals surface area contributed by atoms with Gasteiger partial charge >= 0.3 is 0 Å². The Bertz CT molecular complexity index is 312. The van der Waals surface area contributed by atoms with Crippen molar-refractivity contribution in [2.75, 3.05) is 0 Å². The Morgan fingerprint density at radius 1 is 1.06 bits per heavy atom. The molecule has 90 valence electrons. The maximum Gasteiger partial charge on any atom is 0.184 e. The van der Waals surface area contributed by atoms with Crippen molar-refractivity contribution in [3.63, 3.8) is 0 Å². The molecule has 0 atom stereocenters. The average Bonchev–Trinajstić information content (AvgIpc) is 2.25. The Balaban J connectivity index is 4.33. The van der Waals surface area contributed by atoms with Crippen LogP contribution < -0.4 is 0 Å². The lowest BCUT2D eigenvalue weighted by atomic mass is 10.0. The van der Waals surface area contributed by atoms with Gasteiger partial charge in [-0.1, -0.05) is 30.7 Å². The Morgan fingerprint density at radius 2 is 1.62 bits per heavy atom. The largest absolute Gasteiger partial charge is 0.289 e. The molecule has 0 radical (unpaired) electrons. The lowest BCUT2D eigenvalue weighted by Crippen LogP contribution is -2.03. The van der Waals surface area contributed by atoms with Gasteiger partial charge in [0.05, 0.1) is 0 Å². The van der Waals surface area contributed by atoms with Crippen molar-refractivity contribution in [3.05, 3.63) is 34.9 Å². The molecular weight excluding hydrogens is 196 g/mol. The fourth-order valence-corrected chi connectivity index (χ4v) is 1.51. The summed E-state index contributed by atoms with van der Waals surface area (Å²) in [5.74, 6) is 0.196. The smallest absolute Gasteiger partial charge is 0.184 e. The molecule has 0 aliphatic heterocycles. The highest BCUT2D eigenvalue weighted by molar-refractivity contribution is 6.07. The fraction of sp³-hybridized carbons (Fsp3) is 0.533. The molecule has 0 aliphatic carbocycles. The monoisotopic (exact) mass is 220 g/mol. The molecule has 16 heavy (non-hydrogen) atoms. The molecule has 1 heteroatoms. The third-order valence-corrected chi connectivity index (χ3v) is 2.55. The van der Waals surface area contributed by atoms with Crippen LogP contribution in [0.2, 0.25) is 0 Å². The van der Waals surface area contributed by atoms with E-state index >= 15 is 0 Å². The zero-order valence-electron chi connectivity index (χ0n) is 11.3. The van der Waals surface area contributed by atoms with Crippen molar-refractivity contribution in [1.82, 2.24) is 0 Å². The maximum absolute atomic E-state index is 11.9. The van der Waals surface area contributed by atoms with Crippen molar-refractivity contribution in [2.45, 2.75) is 53.9 Å². The summed E-state index contributed by atoms with van der Waals surface area (Å²) < 4.78 is 0. The van der Waals surface area contributed by atoms with E-state index in [0.29, 0.717) is 0 Å². The lowest BCUT2D eigenvalue weighted by Gasteiger charge is -2.03. The van der Waals surface area contributed by atoms with Gasteiger partial charge in [0.25, 0.3) is 0 Å². The van der Waals surface area contributed by atoms with E-state index in [1.165, 1.54) is 5.57 Å². The summed E-state index contributed by atoms with van der Waals surface area (Å²) in [5, 5.41) is 0. The summed E-state index contributed by atoms with van der Waals surface area (Å²) in [6, 6.07) is 0. The second-order valence-electron chi connectivity index (χ2n) is 4.24. The molecule has 0 spiro atoms. The van der Waals surface area contributed by atoms with Crippen LogP contribution in [0.5, 0.6) is 0 Å². The molecule has 0 unspecified atom stereocenters. The topological polar surface area (TPSA) is 17.1 Å². The van der Waals surface area contributed by atoms with Crippen LogP contribution in [0.3, 0.4) is 0 Å². The number of Topliss-reactive ketones (excluding diaryl/α,β-unsaturated/α-hetero) is 1. The van der Waals surface area contributed by atoms with E-state index in [4.69, 9.17) is 0 Å². The Kier molecular flexibility index (Phi) is 7.53. The number of carbonyl (C=O) groups is 1. The van der Waals surface area contributed by atoms with Crippen molar-refractivity contribution >= 4 is 5.78 Å². The minimum Gasteiger partial charge on any atom is -0.289 e. The Hall–Kier alpha value is -1.11. The summed E-state index contributed by atoms with van der Waals surface area (Å²) in [7, 11) is 0. The van der Waals surface area contributed by atoms with Gasteiger partial charge in [-0.3, -0.25) is 4.79 Å². The predicted octanol–water partition coefficient (Wildman–Crippen LogP) is 4.60. The van der Waals surface area contributed by atoms with Gasteiger partial charge in [-0.05, 0) is 58.1 Å². The van der Waals surface area contributed by atoms with Gasteiger partial charge in [-0.15, -0.1) is 0 Å². The van der Waals surface area contributed by atoms with Gasteiger partial charge in [-0.25, -0.2) is 0 Å². The molecular formula is C15H24O. The summed E-state index contributed by atoms with van der Waals surface area (Å²) in [5.41, 5.74) is 3.12.